The Balaban J connectivity index is 2.44. The van der Waals surface area contributed by atoms with Crippen LogP contribution in [0.4, 0.5) is 11.6 Å². The van der Waals surface area contributed by atoms with Crippen LogP contribution in [0.15, 0.2) is 24.3 Å². The van der Waals surface area contributed by atoms with E-state index in [4.69, 9.17) is 21.1 Å². The second-order valence-corrected chi connectivity index (χ2v) is 6.92. The summed E-state index contributed by atoms with van der Waals surface area (Å²) in [5.74, 6) is -0.339. The minimum absolute atomic E-state index is 0.0565. The van der Waals surface area contributed by atoms with Crippen LogP contribution in [0.5, 0.6) is 11.8 Å². The number of methoxy groups -OCH3 is 2. The first-order valence-corrected chi connectivity index (χ1v) is 9.05. The van der Waals surface area contributed by atoms with E-state index < -0.39 is 15.9 Å². The predicted octanol–water partition coefficient (Wildman–Crippen LogP) is 1.58. The summed E-state index contributed by atoms with van der Waals surface area (Å²) in [7, 11) is -0.903. The molecule has 0 bridgehead atoms. The predicted molar refractivity (Wildman–Crippen MR) is 92.2 cm³/mol. The quantitative estimate of drug-likeness (QED) is 0.767. The minimum atomic E-state index is -3.76. The van der Waals surface area contributed by atoms with Crippen molar-refractivity contribution in [3.05, 3.63) is 34.9 Å². The molecule has 0 atom stereocenters. The highest BCUT2D eigenvalue weighted by Crippen LogP contribution is 2.27. The molecule has 0 spiro atoms. The summed E-state index contributed by atoms with van der Waals surface area (Å²) in [4.78, 5) is 20.4. The van der Waals surface area contributed by atoms with Crippen LogP contribution < -0.4 is 19.5 Å². The summed E-state index contributed by atoms with van der Waals surface area (Å²) in [6.07, 6.45) is 0.866. The number of nitrogens with zero attached hydrogens (tertiary/aromatic N) is 2. The Bertz CT molecular complexity index is 882. The molecule has 2 aromatic rings. The van der Waals surface area contributed by atoms with Crippen LogP contribution in [0.2, 0.25) is 5.02 Å². The first-order valence-electron chi connectivity index (χ1n) is 6.78. The molecule has 1 amide bonds. The van der Waals surface area contributed by atoms with E-state index in [0.717, 1.165) is 6.26 Å². The van der Waals surface area contributed by atoms with Gasteiger partial charge in [-0.1, -0.05) is 17.7 Å². The van der Waals surface area contributed by atoms with E-state index in [2.05, 4.69) is 15.3 Å². The van der Waals surface area contributed by atoms with Gasteiger partial charge in [-0.15, -0.1) is 0 Å². The lowest BCUT2D eigenvalue weighted by atomic mass is 10.1. The Morgan fingerprint density at radius 1 is 1.16 bits per heavy atom. The largest absolute Gasteiger partial charge is 0.481 e. The van der Waals surface area contributed by atoms with E-state index in [9.17, 15) is 13.2 Å². The van der Waals surface area contributed by atoms with Gasteiger partial charge in [0.25, 0.3) is 5.91 Å². The number of sulfonamides is 1. The van der Waals surface area contributed by atoms with Gasteiger partial charge in [0.1, 0.15) is 0 Å². The SMILES string of the molecule is COc1cc(OC)nc(Nc2cccc(Cl)c2C(=O)NS(C)(=O)=O)n1. The van der Waals surface area contributed by atoms with Crippen molar-refractivity contribution in [1.82, 2.24) is 14.7 Å². The molecular formula is C14H15ClN4O5S. The molecule has 0 fully saturated rings. The van der Waals surface area contributed by atoms with E-state index in [-0.39, 0.29) is 34.0 Å². The number of ether oxygens (including phenoxy) is 2. The van der Waals surface area contributed by atoms with E-state index in [0.29, 0.717) is 0 Å². The van der Waals surface area contributed by atoms with E-state index in [1.165, 1.54) is 32.4 Å². The number of carbonyl (C=O) groups excluding carboxylic acids is 1. The van der Waals surface area contributed by atoms with Crippen LogP contribution in [-0.2, 0) is 10.0 Å². The van der Waals surface area contributed by atoms with Crippen LogP contribution in [0.1, 0.15) is 10.4 Å². The number of amides is 1. The average molecular weight is 387 g/mol. The number of hydrogen-bond donors (Lipinski definition) is 2. The van der Waals surface area contributed by atoms with Gasteiger partial charge in [0.05, 0.1) is 42.8 Å². The fourth-order valence-corrected chi connectivity index (χ4v) is 2.57. The number of halogens is 1. The zero-order chi connectivity index (χ0) is 18.6. The molecule has 11 heteroatoms. The molecule has 134 valence electrons. The number of rotatable bonds is 6. The summed E-state index contributed by atoms with van der Waals surface area (Å²) in [5, 5.41) is 2.86. The molecule has 0 radical (unpaired) electrons. The third kappa shape index (κ3) is 4.94. The van der Waals surface area contributed by atoms with Crippen LogP contribution >= 0.6 is 11.6 Å². The topological polar surface area (TPSA) is 120 Å². The van der Waals surface area contributed by atoms with Crippen molar-refractivity contribution in [1.29, 1.82) is 0 Å². The average Bonchev–Trinajstić information content (AvgIpc) is 2.52. The molecule has 0 aliphatic rings. The van der Waals surface area contributed by atoms with Gasteiger partial charge in [0.15, 0.2) is 0 Å². The summed E-state index contributed by atoms with van der Waals surface area (Å²) < 4.78 is 34.6. The molecule has 0 saturated heterocycles. The zero-order valence-corrected chi connectivity index (χ0v) is 15.1. The molecule has 0 aliphatic carbocycles. The molecule has 0 unspecified atom stereocenters. The molecule has 0 aliphatic heterocycles. The highest BCUT2D eigenvalue weighted by molar-refractivity contribution is 7.89. The number of nitrogens with one attached hydrogen (secondary N) is 2. The van der Waals surface area contributed by atoms with Crippen molar-refractivity contribution in [2.75, 3.05) is 25.8 Å². The molecule has 1 heterocycles. The van der Waals surface area contributed by atoms with Gasteiger partial charge in [-0.2, -0.15) is 9.97 Å². The lowest BCUT2D eigenvalue weighted by Gasteiger charge is -2.13. The van der Waals surface area contributed by atoms with Gasteiger partial charge in [-0.3, -0.25) is 4.79 Å². The Kier molecular flexibility index (Phi) is 5.65. The Morgan fingerprint density at radius 2 is 1.76 bits per heavy atom. The number of carbonyl (C=O) groups is 1. The molecule has 0 saturated carbocycles. The van der Waals surface area contributed by atoms with Crippen molar-refractivity contribution in [2.24, 2.45) is 0 Å². The summed E-state index contributed by atoms with van der Waals surface area (Å²) >= 11 is 6.05. The zero-order valence-electron chi connectivity index (χ0n) is 13.5. The van der Waals surface area contributed by atoms with E-state index in [1.807, 2.05) is 4.72 Å². The molecule has 25 heavy (non-hydrogen) atoms. The maximum Gasteiger partial charge on any atom is 0.268 e. The fourth-order valence-electron chi connectivity index (χ4n) is 1.87. The number of aromatic nitrogens is 2. The maximum absolute atomic E-state index is 12.2. The highest BCUT2D eigenvalue weighted by Gasteiger charge is 2.19. The van der Waals surface area contributed by atoms with Gasteiger partial charge in [-0.25, -0.2) is 13.1 Å². The van der Waals surface area contributed by atoms with Crippen LogP contribution in [0.3, 0.4) is 0 Å². The molecular weight excluding hydrogens is 372 g/mol. The third-order valence-corrected chi connectivity index (χ3v) is 3.73. The Morgan fingerprint density at radius 3 is 2.28 bits per heavy atom. The fraction of sp³-hybridized carbons (Fsp3) is 0.214. The standard InChI is InChI=1S/C14H15ClN4O5S/c1-23-10-7-11(24-2)18-14(17-10)16-9-6-4-5-8(15)12(9)13(20)19-25(3,21)22/h4-7H,1-3H3,(H,19,20)(H,16,17,18). The van der Waals surface area contributed by atoms with E-state index in [1.54, 1.807) is 6.07 Å². The van der Waals surface area contributed by atoms with Crippen molar-refractivity contribution in [2.45, 2.75) is 0 Å². The molecule has 2 N–H and O–H groups in total. The summed E-state index contributed by atoms with van der Waals surface area (Å²) in [6, 6.07) is 6.04. The van der Waals surface area contributed by atoms with Crippen molar-refractivity contribution in [3.8, 4) is 11.8 Å². The third-order valence-electron chi connectivity index (χ3n) is 2.86. The summed E-state index contributed by atoms with van der Waals surface area (Å²) in [5.41, 5.74) is 0.143. The highest BCUT2D eigenvalue weighted by atomic mass is 35.5. The lowest BCUT2D eigenvalue weighted by Crippen LogP contribution is -2.30. The summed E-state index contributed by atoms with van der Waals surface area (Å²) in [6.45, 7) is 0. The monoisotopic (exact) mass is 386 g/mol. The van der Waals surface area contributed by atoms with Gasteiger partial charge < -0.3 is 14.8 Å². The molecule has 2 rings (SSSR count). The Labute approximate surface area is 149 Å². The second kappa shape index (κ2) is 7.53. The van der Waals surface area contributed by atoms with E-state index >= 15 is 0 Å². The van der Waals surface area contributed by atoms with Crippen LogP contribution in [0.25, 0.3) is 0 Å². The molecule has 9 nitrogen and oxygen atoms in total. The van der Waals surface area contributed by atoms with Gasteiger partial charge in [0, 0.05) is 0 Å². The van der Waals surface area contributed by atoms with Crippen LogP contribution in [0, 0.1) is 0 Å². The second-order valence-electron chi connectivity index (χ2n) is 4.77. The number of anilines is 2. The van der Waals surface area contributed by atoms with Gasteiger partial charge in [0.2, 0.25) is 27.7 Å². The molecule has 1 aromatic carbocycles. The maximum atomic E-state index is 12.2. The normalized spacial score (nSPS) is 10.9. The van der Waals surface area contributed by atoms with Crippen molar-refractivity contribution < 1.29 is 22.7 Å². The molecule has 1 aromatic heterocycles. The Hall–Kier alpha value is -2.59. The van der Waals surface area contributed by atoms with Crippen molar-refractivity contribution >= 4 is 39.2 Å². The minimum Gasteiger partial charge on any atom is -0.481 e. The number of benzene rings is 1. The first-order chi connectivity index (χ1) is 11.7. The van der Waals surface area contributed by atoms with Gasteiger partial charge >= 0.3 is 0 Å². The number of hydrogen-bond acceptors (Lipinski definition) is 8. The smallest absolute Gasteiger partial charge is 0.268 e. The first kappa shape index (κ1) is 18.7. The lowest BCUT2D eigenvalue weighted by molar-refractivity contribution is 0.0982. The van der Waals surface area contributed by atoms with Gasteiger partial charge in [-0.05, 0) is 12.1 Å². The van der Waals surface area contributed by atoms with Crippen LogP contribution in [-0.4, -0.2) is 44.8 Å². The van der Waals surface area contributed by atoms with Crippen molar-refractivity contribution in [3.63, 3.8) is 0 Å².